The highest BCUT2D eigenvalue weighted by atomic mass is 127. The molecule has 0 radical (unpaired) electrons. The molecule has 12 heteroatoms. The Bertz CT molecular complexity index is 795. The summed E-state index contributed by atoms with van der Waals surface area (Å²) in [5.41, 5.74) is 0. The van der Waals surface area contributed by atoms with E-state index >= 15 is 0 Å². The number of unbranched alkanes of at least 4 members (excludes halogenated alkanes) is 15. The molecule has 0 rings (SSSR count). The molecule has 0 heterocycles. The van der Waals surface area contributed by atoms with Crippen LogP contribution in [0.3, 0.4) is 0 Å². The first-order chi connectivity index (χ1) is 19.9. The van der Waals surface area contributed by atoms with Gasteiger partial charge in [-0.3, -0.25) is 0 Å². The lowest BCUT2D eigenvalue weighted by Gasteiger charge is -2.25. The normalized spacial score (nSPS) is 13.4. The molecule has 0 bridgehead atoms. The van der Waals surface area contributed by atoms with Crippen molar-refractivity contribution in [2.24, 2.45) is 0 Å². The van der Waals surface area contributed by atoms with Crippen LogP contribution < -0.4 is 20.7 Å². The average molecular weight is 733 g/mol. The van der Waals surface area contributed by atoms with Gasteiger partial charge < -0.3 is 25.2 Å². The molecule has 0 aliphatic heterocycles. The molecule has 42 heavy (non-hydrogen) atoms. The van der Waals surface area contributed by atoms with Gasteiger partial charge in [-0.25, -0.2) is 22.7 Å². The highest BCUT2D eigenvalue weighted by Gasteiger charge is 2.26. The van der Waals surface area contributed by atoms with Gasteiger partial charge in [-0.15, -0.1) is 0 Å². The van der Waals surface area contributed by atoms with E-state index in [1.54, 1.807) is 0 Å². The van der Waals surface area contributed by atoms with Crippen LogP contribution in [0.15, 0.2) is 0 Å². The van der Waals surface area contributed by atoms with Crippen molar-refractivity contribution in [3.05, 3.63) is 0 Å². The van der Waals surface area contributed by atoms with E-state index in [1.807, 2.05) is 43.7 Å². The number of alkyl halides is 1. The zero-order chi connectivity index (χ0) is 31.7. The van der Waals surface area contributed by atoms with E-state index in [4.69, 9.17) is 4.74 Å². The predicted molar refractivity (Wildman–Crippen MR) is 183 cm³/mol. The Morgan fingerprint density at radius 3 is 1.71 bits per heavy atom. The molecule has 2 unspecified atom stereocenters. The van der Waals surface area contributed by atoms with E-state index < -0.39 is 32.3 Å². The van der Waals surface area contributed by atoms with Crippen LogP contribution in [-0.2, 0) is 14.8 Å². The standard InChI is InChI=1S/C30H62IN5O5S/c1-6-7-8-9-10-11-12-13-14-15-16-17-18-19-20-21-23-33-30(38)41-28(31)27(35-29(37)32-2)26-34-42(39,40)25-22-24-36(3,4)5/h27-28,34H,6-26H2,1-5H3,(H2-,32,33,35,37,38)/p+1. The van der Waals surface area contributed by atoms with Crippen molar-refractivity contribution in [1.82, 2.24) is 20.7 Å². The van der Waals surface area contributed by atoms with Gasteiger partial charge in [0.25, 0.3) is 0 Å². The lowest BCUT2D eigenvalue weighted by atomic mass is 10.0. The molecule has 250 valence electrons. The summed E-state index contributed by atoms with van der Waals surface area (Å²) in [5.74, 6) is -0.0121. The van der Waals surface area contributed by atoms with Crippen molar-refractivity contribution in [1.29, 1.82) is 0 Å². The second-order valence-electron chi connectivity index (χ2n) is 12.4. The first kappa shape index (κ1) is 41.1. The number of nitrogens with one attached hydrogen (secondary N) is 4. The monoisotopic (exact) mass is 732 g/mol. The molecule has 3 amide bonds. The molecule has 0 aromatic rings. The minimum atomic E-state index is -3.53. The number of alkyl carbamates (subject to hydrolysis) is 1. The summed E-state index contributed by atoms with van der Waals surface area (Å²) < 4.78 is 32.8. The molecule has 0 saturated heterocycles. The van der Waals surface area contributed by atoms with Crippen LogP contribution in [-0.4, -0.2) is 88.8 Å². The van der Waals surface area contributed by atoms with Crippen molar-refractivity contribution >= 4 is 44.7 Å². The third kappa shape index (κ3) is 26.7. The van der Waals surface area contributed by atoms with Gasteiger partial charge >= 0.3 is 12.1 Å². The van der Waals surface area contributed by atoms with Gasteiger partial charge in [-0.2, -0.15) is 0 Å². The highest BCUT2D eigenvalue weighted by molar-refractivity contribution is 14.1. The second-order valence-corrected chi connectivity index (χ2v) is 15.5. The Balaban J connectivity index is 4.05. The van der Waals surface area contributed by atoms with E-state index in [0.717, 1.165) is 25.8 Å². The third-order valence-corrected chi connectivity index (χ3v) is 9.70. The van der Waals surface area contributed by atoms with Gasteiger partial charge in [0, 0.05) is 26.6 Å². The fraction of sp³-hybridized carbons (Fsp3) is 0.933. The SMILES string of the molecule is CCCCCCCCCCCCCCCCCCNC(=O)OC(I)C(CNS(=O)(=O)CCC[N+](C)(C)C)NC(=O)NC. The number of sulfonamides is 1. The number of nitrogens with zero attached hydrogens (tertiary/aromatic N) is 1. The molecular formula is C30H63IN5O5S+. The molecule has 4 N–H and O–H groups in total. The number of ether oxygens (including phenoxy) is 1. The Hall–Kier alpha value is -0.860. The predicted octanol–water partition coefficient (Wildman–Crippen LogP) is 6.05. The molecular weight excluding hydrogens is 669 g/mol. The molecule has 0 aliphatic rings. The summed E-state index contributed by atoms with van der Waals surface area (Å²) in [7, 11) is 3.95. The molecule has 0 aromatic carbocycles. The number of rotatable bonds is 27. The van der Waals surface area contributed by atoms with Crippen molar-refractivity contribution in [3.63, 3.8) is 0 Å². The Morgan fingerprint density at radius 2 is 1.26 bits per heavy atom. The summed E-state index contributed by atoms with van der Waals surface area (Å²) in [6.07, 6.45) is 20.7. The molecule has 0 aliphatic carbocycles. The topological polar surface area (TPSA) is 126 Å². The van der Waals surface area contributed by atoms with Crippen LogP contribution in [0.5, 0.6) is 0 Å². The first-order valence-corrected chi connectivity index (χ1v) is 19.1. The Morgan fingerprint density at radius 1 is 0.786 bits per heavy atom. The van der Waals surface area contributed by atoms with Crippen LogP contribution in [0.4, 0.5) is 9.59 Å². The van der Waals surface area contributed by atoms with E-state index in [0.29, 0.717) is 17.4 Å². The first-order valence-electron chi connectivity index (χ1n) is 16.2. The summed E-state index contributed by atoms with van der Waals surface area (Å²) in [6.45, 7) is 3.42. The maximum atomic E-state index is 12.4. The van der Waals surface area contributed by atoms with E-state index in [-0.39, 0.29) is 12.3 Å². The van der Waals surface area contributed by atoms with Crippen LogP contribution in [0.25, 0.3) is 0 Å². The third-order valence-electron chi connectivity index (χ3n) is 7.14. The number of quaternary nitrogens is 1. The number of carbonyl (C=O) groups is 2. The number of hydrogen-bond acceptors (Lipinski definition) is 5. The van der Waals surface area contributed by atoms with Crippen molar-refractivity contribution in [3.8, 4) is 0 Å². The average Bonchev–Trinajstić information content (AvgIpc) is 2.91. The highest BCUT2D eigenvalue weighted by Crippen LogP contribution is 2.14. The van der Waals surface area contributed by atoms with E-state index in [1.165, 1.54) is 90.5 Å². The van der Waals surface area contributed by atoms with Gasteiger partial charge in [0.1, 0.15) is 0 Å². The minimum absolute atomic E-state index is 0.0121. The smallest absolute Gasteiger partial charge is 0.408 e. The Kier molecular flexibility index (Phi) is 24.9. The van der Waals surface area contributed by atoms with E-state index in [9.17, 15) is 18.0 Å². The van der Waals surface area contributed by atoms with Crippen molar-refractivity contribution in [2.75, 3.05) is 53.6 Å². The van der Waals surface area contributed by atoms with E-state index in [2.05, 4.69) is 27.6 Å². The van der Waals surface area contributed by atoms with Gasteiger partial charge in [0.15, 0.2) is 4.11 Å². The molecule has 2 atom stereocenters. The van der Waals surface area contributed by atoms with Crippen LogP contribution >= 0.6 is 22.6 Å². The summed E-state index contributed by atoms with van der Waals surface area (Å²) in [6, 6.07) is -1.22. The minimum Gasteiger partial charge on any atom is -0.433 e. The van der Waals surface area contributed by atoms with Crippen LogP contribution in [0.1, 0.15) is 116 Å². The fourth-order valence-corrected chi connectivity index (χ4v) is 6.31. The molecule has 0 spiro atoms. The number of hydrogen-bond donors (Lipinski definition) is 4. The lowest BCUT2D eigenvalue weighted by molar-refractivity contribution is -0.870. The number of urea groups is 1. The molecule has 0 fully saturated rings. The van der Waals surface area contributed by atoms with Crippen LogP contribution in [0, 0.1) is 0 Å². The quantitative estimate of drug-likeness (QED) is 0.0355. The van der Waals surface area contributed by atoms with Crippen molar-refractivity contribution < 1.29 is 27.2 Å². The molecule has 10 nitrogen and oxygen atoms in total. The van der Waals surface area contributed by atoms with Gasteiger partial charge in [0.05, 0.1) is 39.5 Å². The largest absolute Gasteiger partial charge is 0.433 e. The summed E-state index contributed by atoms with van der Waals surface area (Å²) in [4.78, 5) is 24.2. The summed E-state index contributed by atoms with van der Waals surface area (Å²) in [5, 5.41) is 7.87. The number of halogens is 1. The number of amides is 3. The zero-order valence-corrected chi connectivity index (χ0v) is 30.3. The lowest BCUT2D eigenvalue weighted by Crippen LogP contribution is -2.52. The van der Waals surface area contributed by atoms with Gasteiger partial charge in [-0.1, -0.05) is 103 Å². The van der Waals surface area contributed by atoms with Crippen molar-refractivity contribution in [2.45, 2.75) is 126 Å². The molecule has 0 saturated carbocycles. The maximum Gasteiger partial charge on any atom is 0.408 e. The fourth-order valence-electron chi connectivity index (χ4n) is 4.56. The van der Waals surface area contributed by atoms with Crippen LogP contribution in [0.2, 0.25) is 0 Å². The van der Waals surface area contributed by atoms with Gasteiger partial charge in [-0.05, 0) is 29.0 Å². The zero-order valence-electron chi connectivity index (χ0n) is 27.3. The second kappa shape index (κ2) is 25.5. The molecule has 0 aromatic heterocycles. The summed E-state index contributed by atoms with van der Waals surface area (Å²) >= 11 is 1.90. The maximum absolute atomic E-state index is 12.4. The Labute approximate surface area is 271 Å². The number of carbonyl (C=O) groups excluding carboxylic acids is 2. The van der Waals surface area contributed by atoms with Gasteiger partial charge in [0.2, 0.25) is 10.0 Å².